The van der Waals surface area contributed by atoms with E-state index in [0.717, 1.165) is 13.1 Å². The van der Waals surface area contributed by atoms with Gasteiger partial charge < -0.3 is 10.3 Å². The number of hydrogen-bond acceptors (Lipinski definition) is 2. The van der Waals surface area contributed by atoms with Crippen LogP contribution >= 0.6 is 11.1 Å². The second-order valence-corrected chi connectivity index (χ2v) is 6.17. The summed E-state index contributed by atoms with van der Waals surface area (Å²) in [6, 6.07) is 1.21. The van der Waals surface area contributed by atoms with Gasteiger partial charge in [0.25, 0.3) is 0 Å². The molecule has 0 aromatic carbocycles. The van der Waals surface area contributed by atoms with E-state index in [1.807, 2.05) is 7.05 Å². The first-order valence-electron chi connectivity index (χ1n) is 4.33. The summed E-state index contributed by atoms with van der Waals surface area (Å²) in [6.45, 7) is 4.23. The van der Waals surface area contributed by atoms with E-state index in [4.69, 9.17) is 11.1 Å². The van der Waals surface area contributed by atoms with Gasteiger partial charge in [-0.3, -0.25) is 0 Å². The maximum atomic E-state index is 6.10. The molecular weight excluding hydrogens is 176 g/mol. The zero-order chi connectivity index (χ0) is 8.53. The van der Waals surface area contributed by atoms with Crippen molar-refractivity contribution in [1.29, 1.82) is 0 Å². The van der Waals surface area contributed by atoms with Crippen LogP contribution in [0, 0.1) is 0 Å². The molecule has 68 valence electrons. The molecule has 4 heteroatoms. The van der Waals surface area contributed by atoms with Crippen LogP contribution in [0.4, 0.5) is 0 Å². The molecule has 0 aliphatic rings. The molecule has 0 saturated heterocycles. The molecule has 1 unspecified atom stereocenters. The van der Waals surface area contributed by atoms with Gasteiger partial charge in [0.2, 0.25) is 8.27 Å². The van der Waals surface area contributed by atoms with Gasteiger partial charge in [0.05, 0.1) is 0 Å². The smallest absolute Gasteiger partial charge is 0.211 e. The molecule has 0 fully saturated rings. The molecule has 0 spiro atoms. The van der Waals surface area contributed by atoms with Gasteiger partial charge in [-0.15, -0.1) is 0 Å². The third-order valence-corrected chi connectivity index (χ3v) is 4.32. The van der Waals surface area contributed by atoms with Crippen LogP contribution in [-0.4, -0.2) is 28.4 Å². The number of unbranched alkanes of at least 4 members (excludes halogenated alkanes) is 1. The van der Waals surface area contributed by atoms with Crippen molar-refractivity contribution in [3.05, 3.63) is 0 Å². The van der Waals surface area contributed by atoms with Gasteiger partial charge in [0, 0.05) is 13.1 Å². The SMILES string of the molecule is CCCC[SiH](Cl)NCCNC. The molecule has 0 amide bonds. The molecular formula is C7H19ClN2Si. The fourth-order valence-corrected chi connectivity index (χ4v) is 3.06. The van der Waals surface area contributed by atoms with E-state index >= 15 is 0 Å². The van der Waals surface area contributed by atoms with Gasteiger partial charge in [-0.1, -0.05) is 19.8 Å². The van der Waals surface area contributed by atoms with Crippen LogP contribution in [-0.2, 0) is 0 Å². The molecule has 0 aliphatic heterocycles. The Bertz CT molecular complexity index is 82.8. The molecule has 0 aromatic heterocycles. The Morgan fingerprint density at radius 1 is 1.36 bits per heavy atom. The Kier molecular flexibility index (Phi) is 8.85. The van der Waals surface area contributed by atoms with Crippen molar-refractivity contribution in [1.82, 2.24) is 10.3 Å². The predicted molar refractivity (Wildman–Crippen MR) is 54.6 cm³/mol. The first-order valence-corrected chi connectivity index (χ1v) is 7.47. The minimum atomic E-state index is -1.07. The van der Waals surface area contributed by atoms with Crippen molar-refractivity contribution in [3.63, 3.8) is 0 Å². The summed E-state index contributed by atoms with van der Waals surface area (Å²) in [5, 5.41) is 3.08. The second kappa shape index (κ2) is 8.52. The molecule has 2 N–H and O–H groups in total. The van der Waals surface area contributed by atoms with Crippen molar-refractivity contribution >= 4 is 19.3 Å². The molecule has 0 aliphatic carbocycles. The zero-order valence-electron chi connectivity index (χ0n) is 7.49. The maximum Gasteiger partial charge on any atom is 0.211 e. The van der Waals surface area contributed by atoms with E-state index in [1.54, 1.807) is 0 Å². The van der Waals surface area contributed by atoms with Gasteiger partial charge in [-0.2, -0.15) is 11.1 Å². The van der Waals surface area contributed by atoms with Crippen LogP contribution in [0.2, 0.25) is 6.04 Å². The average molecular weight is 195 g/mol. The van der Waals surface area contributed by atoms with Gasteiger partial charge in [-0.25, -0.2) is 0 Å². The lowest BCUT2D eigenvalue weighted by Gasteiger charge is -2.08. The maximum absolute atomic E-state index is 6.10. The first kappa shape index (κ1) is 11.4. The van der Waals surface area contributed by atoms with Crippen molar-refractivity contribution in [2.24, 2.45) is 0 Å². The van der Waals surface area contributed by atoms with Gasteiger partial charge in [-0.05, 0) is 13.1 Å². The Labute approximate surface area is 76.1 Å². The first-order chi connectivity index (χ1) is 5.31. The third kappa shape index (κ3) is 8.33. The lowest BCUT2D eigenvalue weighted by atomic mass is 10.4. The normalized spacial score (nSPS) is 13.4. The Morgan fingerprint density at radius 2 is 2.09 bits per heavy atom. The van der Waals surface area contributed by atoms with E-state index in [-0.39, 0.29) is 0 Å². The van der Waals surface area contributed by atoms with Crippen molar-refractivity contribution in [2.75, 3.05) is 20.1 Å². The quantitative estimate of drug-likeness (QED) is 0.360. The zero-order valence-corrected chi connectivity index (χ0v) is 9.40. The summed E-state index contributed by atoms with van der Waals surface area (Å²) in [7, 11) is 0.888. The summed E-state index contributed by atoms with van der Waals surface area (Å²) in [6.07, 6.45) is 2.52. The van der Waals surface area contributed by atoms with E-state index in [9.17, 15) is 0 Å². The number of hydrogen-bond donors (Lipinski definition) is 2. The van der Waals surface area contributed by atoms with Gasteiger partial charge >= 0.3 is 0 Å². The van der Waals surface area contributed by atoms with E-state index in [2.05, 4.69) is 17.2 Å². The fraction of sp³-hybridized carbons (Fsp3) is 1.00. The number of nitrogens with one attached hydrogen (secondary N) is 2. The minimum absolute atomic E-state index is 1.01. The fourth-order valence-electron chi connectivity index (χ4n) is 0.839. The monoisotopic (exact) mass is 194 g/mol. The minimum Gasteiger partial charge on any atom is -0.326 e. The van der Waals surface area contributed by atoms with E-state index < -0.39 is 8.27 Å². The number of rotatable bonds is 7. The predicted octanol–water partition coefficient (Wildman–Crippen LogP) is 1.05. The molecule has 2 nitrogen and oxygen atoms in total. The highest BCUT2D eigenvalue weighted by molar-refractivity contribution is 7.05. The number of halogens is 1. The Hall–Kier alpha value is 0.427. The van der Waals surface area contributed by atoms with Crippen LogP contribution in [0.3, 0.4) is 0 Å². The molecule has 0 rings (SSSR count). The topological polar surface area (TPSA) is 24.1 Å². The highest BCUT2D eigenvalue weighted by Crippen LogP contribution is 2.01. The number of likely N-dealkylation sites (N-methyl/N-ethyl adjacent to an activating group) is 1. The van der Waals surface area contributed by atoms with Crippen molar-refractivity contribution in [2.45, 2.75) is 25.8 Å². The molecule has 0 aromatic rings. The molecule has 11 heavy (non-hydrogen) atoms. The van der Waals surface area contributed by atoms with Crippen LogP contribution in [0.25, 0.3) is 0 Å². The molecule has 0 radical (unpaired) electrons. The largest absolute Gasteiger partial charge is 0.326 e. The van der Waals surface area contributed by atoms with E-state index in [0.29, 0.717) is 0 Å². The van der Waals surface area contributed by atoms with Crippen LogP contribution in [0.5, 0.6) is 0 Å². The van der Waals surface area contributed by atoms with Crippen molar-refractivity contribution in [3.8, 4) is 0 Å². The Balaban J connectivity index is 3.02. The van der Waals surface area contributed by atoms with E-state index in [1.165, 1.54) is 18.9 Å². The van der Waals surface area contributed by atoms with Crippen LogP contribution in [0.1, 0.15) is 19.8 Å². The van der Waals surface area contributed by atoms with Crippen LogP contribution in [0.15, 0.2) is 0 Å². The summed E-state index contributed by atoms with van der Waals surface area (Å²) in [5.74, 6) is 0. The summed E-state index contributed by atoms with van der Waals surface area (Å²) in [5.41, 5.74) is 0. The molecule has 1 atom stereocenters. The lowest BCUT2D eigenvalue weighted by Crippen LogP contribution is -2.33. The van der Waals surface area contributed by atoms with Gasteiger partial charge in [0.1, 0.15) is 0 Å². The lowest BCUT2D eigenvalue weighted by molar-refractivity contribution is 0.759. The standard InChI is InChI=1S/C7H19ClN2Si/c1-3-4-7-11(8)10-6-5-9-2/h9-11H,3-7H2,1-2H3. The summed E-state index contributed by atoms with van der Waals surface area (Å²) in [4.78, 5) is 3.36. The summed E-state index contributed by atoms with van der Waals surface area (Å²) < 4.78 is 0. The molecule has 0 bridgehead atoms. The highest BCUT2D eigenvalue weighted by atomic mass is 35.6. The third-order valence-electron chi connectivity index (χ3n) is 1.55. The van der Waals surface area contributed by atoms with Crippen LogP contribution < -0.4 is 10.3 Å². The summed E-state index contributed by atoms with van der Waals surface area (Å²) >= 11 is 6.10. The second-order valence-electron chi connectivity index (χ2n) is 2.67. The van der Waals surface area contributed by atoms with Gasteiger partial charge in [0.15, 0.2) is 0 Å². The average Bonchev–Trinajstić information content (AvgIpc) is 2.01. The molecule has 0 heterocycles. The Morgan fingerprint density at radius 3 is 2.64 bits per heavy atom. The van der Waals surface area contributed by atoms with Crippen molar-refractivity contribution < 1.29 is 0 Å². The molecule has 0 saturated carbocycles. The highest BCUT2D eigenvalue weighted by Gasteiger charge is 2.03.